The molecule has 11 nitrogen and oxygen atoms in total. The molecule has 1 unspecified atom stereocenters. The van der Waals surface area contributed by atoms with Gasteiger partial charge in [-0.25, -0.2) is 8.42 Å². The van der Waals surface area contributed by atoms with E-state index in [4.69, 9.17) is 4.74 Å². The van der Waals surface area contributed by atoms with Crippen LogP contribution < -0.4 is 34.9 Å². The molecule has 5 atom stereocenters. The second-order valence-electron chi connectivity index (χ2n) is 6.82. The Balaban J connectivity index is 0. The van der Waals surface area contributed by atoms with Crippen molar-refractivity contribution < 1.29 is 76.7 Å². The largest absolute Gasteiger partial charge is 1.00 e. The van der Waals surface area contributed by atoms with E-state index in [1.165, 1.54) is 0 Å². The number of ether oxygens (including phenoxy) is 1. The number of rotatable bonds is 17. The van der Waals surface area contributed by atoms with Crippen molar-refractivity contribution in [1.82, 2.24) is 5.32 Å². The van der Waals surface area contributed by atoms with Crippen LogP contribution in [-0.4, -0.2) is 90.1 Å². The number of nitrogens with one attached hydrogen (secondary N) is 1. The van der Waals surface area contributed by atoms with E-state index in [1.54, 1.807) is 0 Å². The minimum absolute atomic E-state index is 0. The van der Waals surface area contributed by atoms with Crippen LogP contribution in [0.15, 0.2) is 0 Å². The van der Waals surface area contributed by atoms with Gasteiger partial charge in [-0.1, -0.05) is 33.1 Å². The number of hydrogen-bond acceptors (Lipinski definition) is 10. The van der Waals surface area contributed by atoms with Crippen LogP contribution in [0.25, 0.3) is 0 Å². The molecule has 0 saturated heterocycles. The zero-order chi connectivity index (χ0) is 22.4. The van der Waals surface area contributed by atoms with Gasteiger partial charge in [-0.15, -0.1) is 0 Å². The Kier molecular flexibility index (Phi) is 19.0. The molecule has 174 valence electrons. The summed E-state index contributed by atoms with van der Waals surface area (Å²) in [6.45, 7) is 4.30. The van der Waals surface area contributed by atoms with Crippen LogP contribution >= 0.6 is 0 Å². The summed E-state index contributed by atoms with van der Waals surface area (Å²) < 4.78 is 40.2. The first-order chi connectivity index (χ1) is 13.5. The van der Waals surface area contributed by atoms with Crippen LogP contribution in [0, 0.1) is 5.92 Å². The number of aliphatic hydroxyl groups excluding tert-OH is 4. The van der Waals surface area contributed by atoms with Crippen molar-refractivity contribution in [1.29, 1.82) is 0 Å². The van der Waals surface area contributed by atoms with Gasteiger partial charge in [0, 0.05) is 19.8 Å². The number of aliphatic hydroxyl groups is 4. The van der Waals surface area contributed by atoms with Crippen molar-refractivity contribution in [3.05, 3.63) is 0 Å². The summed E-state index contributed by atoms with van der Waals surface area (Å²) in [6, 6.07) is 0. The van der Waals surface area contributed by atoms with Gasteiger partial charge in [-0.3, -0.25) is 8.98 Å². The Morgan fingerprint density at radius 3 is 2.23 bits per heavy atom. The van der Waals surface area contributed by atoms with Gasteiger partial charge in [-0.2, -0.15) is 0 Å². The third-order valence-electron chi connectivity index (χ3n) is 4.38. The van der Waals surface area contributed by atoms with E-state index in [9.17, 15) is 38.2 Å². The first-order valence-electron chi connectivity index (χ1n) is 9.71. The van der Waals surface area contributed by atoms with Crippen molar-refractivity contribution in [2.24, 2.45) is 5.92 Å². The molecule has 0 aliphatic heterocycles. The third kappa shape index (κ3) is 15.0. The maximum absolute atomic E-state index is 11.8. The molecule has 0 aromatic carbocycles. The van der Waals surface area contributed by atoms with Gasteiger partial charge < -0.3 is 35.0 Å². The van der Waals surface area contributed by atoms with E-state index in [2.05, 4.69) is 23.3 Å². The minimum atomic E-state index is -5.10. The molecule has 0 radical (unpaired) electrons. The zero-order valence-corrected chi connectivity index (χ0v) is 20.7. The zero-order valence-electron chi connectivity index (χ0n) is 17.9. The molecule has 0 aromatic rings. The normalized spacial score (nSPS) is 16.8. The second-order valence-corrected chi connectivity index (χ2v) is 7.87. The van der Waals surface area contributed by atoms with Crippen LogP contribution in [0.5, 0.6) is 0 Å². The fraction of sp³-hybridized carbons (Fsp3) is 0.941. The summed E-state index contributed by atoms with van der Waals surface area (Å²) in [6.07, 6.45) is -3.44. The van der Waals surface area contributed by atoms with Crippen LogP contribution in [0.1, 0.15) is 46.0 Å². The number of carbonyl (C=O) groups excluding carboxylic acids is 1. The van der Waals surface area contributed by atoms with Gasteiger partial charge >= 0.3 is 29.6 Å². The molecule has 0 bridgehead atoms. The summed E-state index contributed by atoms with van der Waals surface area (Å²) in [7, 11) is -5.10. The minimum Gasteiger partial charge on any atom is -0.726 e. The Labute approximate surface area is 200 Å². The Morgan fingerprint density at radius 1 is 1.07 bits per heavy atom. The van der Waals surface area contributed by atoms with Crippen LogP contribution in [-0.2, 0) is 24.1 Å². The average Bonchev–Trinajstić information content (AvgIpc) is 2.68. The molecule has 1 amide bonds. The Bertz CT molecular complexity index is 551. The second kappa shape index (κ2) is 17.7. The van der Waals surface area contributed by atoms with E-state index in [0.29, 0.717) is 25.6 Å². The summed E-state index contributed by atoms with van der Waals surface area (Å²) >= 11 is 0. The van der Waals surface area contributed by atoms with Gasteiger partial charge in [0.25, 0.3) is 5.91 Å². The van der Waals surface area contributed by atoms with Crippen molar-refractivity contribution >= 4 is 16.3 Å². The van der Waals surface area contributed by atoms with E-state index in [0.717, 1.165) is 25.7 Å². The maximum Gasteiger partial charge on any atom is 1.00 e. The fourth-order valence-corrected chi connectivity index (χ4v) is 2.77. The van der Waals surface area contributed by atoms with E-state index >= 15 is 0 Å². The first kappa shape index (κ1) is 32.3. The van der Waals surface area contributed by atoms with E-state index < -0.39 is 47.3 Å². The average molecular weight is 468 g/mol. The predicted molar refractivity (Wildman–Crippen MR) is 101 cm³/mol. The van der Waals surface area contributed by atoms with Crippen LogP contribution in [0.3, 0.4) is 0 Å². The standard InChI is InChI=1S/C17H35NO10S.Na/c1-3-5-7-12(4-2)10-27-9-6-8-18-17(23)16(22)15(21)14(20)13(19)11-28-29(24,25)26;/h12-16,19-22H,3-11H2,1-2H3,(H,18,23)(H,24,25,26);/q;+1/p-1/t12?,13-,14-,15+,16-;/m1./s1. The van der Waals surface area contributed by atoms with Gasteiger partial charge in [0.2, 0.25) is 10.4 Å². The molecule has 30 heavy (non-hydrogen) atoms. The molecular weight excluding hydrogens is 433 g/mol. The number of amides is 1. The summed E-state index contributed by atoms with van der Waals surface area (Å²) in [4.78, 5) is 11.8. The van der Waals surface area contributed by atoms with Crippen molar-refractivity contribution in [2.45, 2.75) is 70.4 Å². The van der Waals surface area contributed by atoms with Crippen molar-refractivity contribution in [3.63, 3.8) is 0 Å². The van der Waals surface area contributed by atoms with E-state index in [-0.39, 0.29) is 36.1 Å². The smallest absolute Gasteiger partial charge is 0.726 e. The van der Waals surface area contributed by atoms with Crippen LogP contribution in [0.4, 0.5) is 0 Å². The molecular formula is C17H34NNaO10S. The molecule has 0 heterocycles. The van der Waals surface area contributed by atoms with Crippen LogP contribution in [0.2, 0.25) is 0 Å². The number of carbonyl (C=O) groups is 1. The van der Waals surface area contributed by atoms with Crippen molar-refractivity contribution in [3.8, 4) is 0 Å². The Hall–Kier alpha value is 0.140. The molecule has 0 saturated carbocycles. The third-order valence-corrected chi connectivity index (χ3v) is 4.81. The molecule has 5 N–H and O–H groups in total. The predicted octanol–water partition coefficient (Wildman–Crippen LogP) is -4.35. The number of unbranched alkanes of at least 4 members (excludes halogenated alkanes) is 1. The number of hydrogen-bond donors (Lipinski definition) is 5. The maximum atomic E-state index is 11.8. The Morgan fingerprint density at radius 2 is 1.70 bits per heavy atom. The van der Waals surface area contributed by atoms with E-state index in [1.807, 2.05) is 0 Å². The van der Waals surface area contributed by atoms with Crippen molar-refractivity contribution in [2.75, 3.05) is 26.4 Å². The molecule has 13 heteroatoms. The molecule has 0 aliphatic rings. The molecule has 0 rings (SSSR count). The quantitative estimate of drug-likeness (QED) is 0.0606. The van der Waals surface area contributed by atoms with Gasteiger partial charge in [0.05, 0.1) is 6.61 Å². The molecule has 0 fully saturated rings. The monoisotopic (exact) mass is 467 g/mol. The topological polar surface area (TPSA) is 186 Å². The fourth-order valence-electron chi connectivity index (χ4n) is 2.46. The summed E-state index contributed by atoms with van der Waals surface area (Å²) in [5, 5.41) is 40.9. The summed E-state index contributed by atoms with van der Waals surface area (Å²) in [5.74, 6) is -0.495. The molecule has 0 aromatic heterocycles. The van der Waals surface area contributed by atoms with Gasteiger partial charge in [-0.05, 0) is 18.8 Å². The molecule has 0 spiro atoms. The SMILES string of the molecule is CCCCC(CC)COCCCNC(=O)[C@H](O)[C@@H](O)[C@H](O)[C@H](O)COS(=O)(=O)[O-].[Na+]. The molecule has 0 aliphatic carbocycles. The summed E-state index contributed by atoms with van der Waals surface area (Å²) in [5.41, 5.74) is 0. The first-order valence-corrected chi connectivity index (χ1v) is 11.0. The van der Waals surface area contributed by atoms with Gasteiger partial charge in [0.1, 0.15) is 18.3 Å². The van der Waals surface area contributed by atoms with Gasteiger partial charge in [0.15, 0.2) is 6.10 Å².